The molecular formula is C18H13N3O2. The van der Waals surface area contributed by atoms with Gasteiger partial charge in [-0.1, -0.05) is 12.1 Å². The highest BCUT2D eigenvalue weighted by atomic mass is 16.3. The van der Waals surface area contributed by atoms with Gasteiger partial charge in [0.25, 0.3) is 0 Å². The monoisotopic (exact) mass is 303 g/mol. The van der Waals surface area contributed by atoms with Gasteiger partial charge in [-0.2, -0.15) is 0 Å². The first-order valence-corrected chi connectivity index (χ1v) is 7.29. The highest BCUT2D eigenvalue weighted by molar-refractivity contribution is 6.23. The molecule has 2 aliphatic carbocycles. The van der Waals surface area contributed by atoms with Crippen molar-refractivity contribution in [2.24, 2.45) is 4.99 Å². The van der Waals surface area contributed by atoms with Crippen molar-refractivity contribution in [1.29, 1.82) is 0 Å². The average Bonchev–Trinajstić information content (AvgIpc) is 2.58. The maximum atomic E-state index is 11.9. The van der Waals surface area contributed by atoms with Crippen molar-refractivity contribution in [3.05, 3.63) is 77.4 Å². The normalized spacial score (nSPS) is 23.7. The van der Waals surface area contributed by atoms with Crippen LogP contribution in [0.4, 0.5) is 0 Å². The maximum absolute atomic E-state index is 11.9. The van der Waals surface area contributed by atoms with Crippen molar-refractivity contribution in [3.63, 3.8) is 0 Å². The summed E-state index contributed by atoms with van der Waals surface area (Å²) in [6, 6.07) is 7.13. The number of ketones is 1. The van der Waals surface area contributed by atoms with Crippen LogP contribution < -0.4 is 0 Å². The number of carbonyl (C=O) groups excluding carboxylic acids is 1. The van der Waals surface area contributed by atoms with E-state index in [9.17, 15) is 9.90 Å². The summed E-state index contributed by atoms with van der Waals surface area (Å²) in [4.78, 5) is 24.8. The molecule has 4 rings (SSSR count). The van der Waals surface area contributed by atoms with Crippen LogP contribution in [-0.4, -0.2) is 26.6 Å². The Bertz CT molecular complexity index is 899. The molecule has 0 spiro atoms. The number of hydrogen-bond acceptors (Lipinski definition) is 5. The molecule has 1 unspecified atom stereocenters. The summed E-state index contributed by atoms with van der Waals surface area (Å²) < 4.78 is 0. The lowest BCUT2D eigenvalue weighted by Crippen LogP contribution is -2.28. The first-order chi connectivity index (χ1) is 11.2. The van der Waals surface area contributed by atoms with E-state index in [1.54, 1.807) is 36.7 Å². The molecule has 0 bridgehead atoms. The van der Waals surface area contributed by atoms with Gasteiger partial charge in [-0.05, 0) is 36.4 Å². The lowest BCUT2D eigenvalue weighted by molar-refractivity contribution is 0.0481. The van der Waals surface area contributed by atoms with E-state index < -0.39 is 5.72 Å². The van der Waals surface area contributed by atoms with E-state index in [4.69, 9.17) is 0 Å². The zero-order chi connectivity index (χ0) is 15.9. The van der Waals surface area contributed by atoms with E-state index in [1.807, 2.05) is 18.2 Å². The number of aliphatic imine (C=N–C) groups is 1. The highest BCUT2D eigenvalue weighted by Crippen LogP contribution is 2.34. The molecule has 1 atom stereocenters. The maximum Gasteiger partial charge on any atom is 0.204 e. The van der Waals surface area contributed by atoms with Crippen LogP contribution in [0.25, 0.3) is 6.08 Å². The molecule has 5 nitrogen and oxygen atoms in total. The lowest BCUT2D eigenvalue weighted by Gasteiger charge is -2.28. The van der Waals surface area contributed by atoms with E-state index >= 15 is 0 Å². The van der Waals surface area contributed by atoms with E-state index in [0.717, 1.165) is 0 Å². The molecule has 0 aliphatic heterocycles. The van der Waals surface area contributed by atoms with E-state index in [-0.39, 0.29) is 5.78 Å². The second-order valence-corrected chi connectivity index (χ2v) is 5.45. The van der Waals surface area contributed by atoms with E-state index in [2.05, 4.69) is 15.0 Å². The quantitative estimate of drug-likeness (QED) is 0.877. The minimum Gasteiger partial charge on any atom is -0.365 e. The summed E-state index contributed by atoms with van der Waals surface area (Å²) >= 11 is 0. The number of carbonyl (C=O) groups is 1. The third-order valence-electron chi connectivity index (χ3n) is 3.96. The van der Waals surface area contributed by atoms with Gasteiger partial charge in [-0.3, -0.25) is 14.8 Å². The van der Waals surface area contributed by atoms with Gasteiger partial charge in [0, 0.05) is 29.9 Å². The molecule has 0 amide bonds. The van der Waals surface area contributed by atoms with Crippen LogP contribution >= 0.6 is 0 Å². The van der Waals surface area contributed by atoms with Crippen molar-refractivity contribution in [3.8, 4) is 0 Å². The number of nitrogens with zero attached hydrogens (tertiary/aromatic N) is 3. The Hall–Kier alpha value is -2.92. The highest BCUT2D eigenvalue weighted by Gasteiger charge is 2.33. The Kier molecular flexibility index (Phi) is 3.02. The molecule has 1 N–H and O–H groups in total. The third kappa shape index (κ3) is 2.22. The molecule has 2 heterocycles. The molecule has 0 radical (unpaired) electrons. The standard InChI is InChI=1S/C18H13N3O2/c22-16-8-7-14(12-4-2-11-20-17(12)16)21-18(23)9-1-6-15-13(18)5-3-10-19-15/h1-8,10-11,23H,9H2. The number of allylic oxidation sites excluding steroid dienone is 2. The van der Waals surface area contributed by atoms with Crippen LogP contribution in [0.15, 0.2) is 59.9 Å². The molecule has 0 fully saturated rings. The number of hydrogen-bond donors (Lipinski definition) is 1. The molecule has 0 aromatic carbocycles. The summed E-state index contributed by atoms with van der Waals surface area (Å²) in [7, 11) is 0. The topological polar surface area (TPSA) is 75.4 Å². The van der Waals surface area contributed by atoms with Gasteiger partial charge in [0.15, 0.2) is 5.72 Å². The Morgan fingerprint density at radius 2 is 1.91 bits per heavy atom. The van der Waals surface area contributed by atoms with E-state index in [0.29, 0.717) is 34.6 Å². The molecule has 112 valence electrons. The number of rotatable bonds is 1. The molecule has 2 aliphatic rings. The van der Waals surface area contributed by atoms with Crippen molar-refractivity contribution in [2.45, 2.75) is 12.1 Å². The summed E-state index contributed by atoms with van der Waals surface area (Å²) in [5.74, 6) is -0.155. The Morgan fingerprint density at radius 1 is 1.09 bits per heavy atom. The van der Waals surface area contributed by atoms with Crippen LogP contribution in [0.3, 0.4) is 0 Å². The van der Waals surface area contributed by atoms with Gasteiger partial charge in [0.05, 0.1) is 11.4 Å². The van der Waals surface area contributed by atoms with Gasteiger partial charge in [0.1, 0.15) is 5.69 Å². The molecule has 23 heavy (non-hydrogen) atoms. The SMILES string of the molecule is O=C1C=CC(=NC2(O)CC=Cc3ncccc32)c2cccnc21. The van der Waals surface area contributed by atoms with Gasteiger partial charge in [-0.25, -0.2) is 4.99 Å². The second-order valence-electron chi connectivity index (χ2n) is 5.45. The fourth-order valence-electron chi connectivity index (χ4n) is 2.87. The average molecular weight is 303 g/mol. The molecule has 2 aromatic heterocycles. The number of pyridine rings is 2. The third-order valence-corrected chi connectivity index (χ3v) is 3.96. The molecular weight excluding hydrogens is 290 g/mol. The van der Waals surface area contributed by atoms with Crippen molar-refractivity contribution >= 4 is 17.6 Å². The van der Waals surface area contributed by atoms with Crippen molar-refractivity contribution < 1.29 is 9.90 Å². The number of aromatic nitrogens is 2. The lowest BCUT2D eigenvalue weighted by atomic mass is 9.92. The van der Waals surface area contributed by atoms with Crippen LogP contribution in [0.5, 0.6) is 0 Å². The summed E-state index contributed by atoms with van der Waals surface area (Å²) in [6.07, 6.45) is 10.4. The zero-order valence-electron chi connectivity index (χ0n) is 12.2. The predicted molar refractivity (Wildman–Crippen MR) is 86.0 cm³/mol. The fourth-order valence-corrected chi connectivity index (χ4v) is 2.87. The summed E-state index contributed by atoms with van der Waals surface area (Å²) in [6.45, 7) is 0. The van der Waals surface area contributed by atoms with Crippen molar-refractivity contribution in [1.82, 2.24) is 9.97 Å². The summed E-state index contributed by atoms with van der Waals surface area (Å²) in [5.41, 5.74) is 1.49. The first kappa shape index (κ1) is 13.7. The number of aliphatic hydroxyl groups is 1. The fraction of sp³-hybridized carbons (Fsp3) is 0.111. The largest absolute Gasteiger partial charge is 0.365 e. The predicted octanol–water partition coefficient (Wildman–Crippen LogP) is 2.28. The van der Waals surface area contributed by atoms with Crippen molar-refractivity contribution in [2.75, 3.05) is 0 Å². The molecule has 0 saturated heterocycles. The Morgan fingerprint density at radius 3 is 2.83 bits per heavy atom. The number of fused-ring (bicyclic) bond motifs is 2. The minimum absolute atomic E-state index is 0.155. The molecule has 5 heteroatoms. The Balaban J connectivity index is 1.87. The Labute approximate surface area is 132 Å². The summed E-state index contributed by atoms with van der Waals surface area (Å²) in [5, 5.41) is 11.0. The zero-order valence-corrected chi connectivity index (χ0v) is 12.2. The smallest absolute Gasteiger partial charge is 0.204 e. The van der Waals surface area contributed by atoms with Crippen LogP contribution in [-0.2, 0) is 5.72 Å². The minimum atomic E-state index is -1.40. The molecule has 0 saturated carbocycles. The van der Waals surface area contributed by atoms with Gasteiger partial charge in [-0.15, -0.1) is 0 Å². The first-order valence-electron chi connectivity index (χ1n) is 7.29. The van der Waals surface area contributed by atoms with Crippen LogP contribution in [0.1, 0.15) is 33.7 Å². The van der Waals surface area contributed by atoms with Gasteiger partial charge < -0.3 is 5.11 Å². The molecule has 2 aromatic rings. The van der Waals surface area contributed by atoms with Gasteiger partial charge >= 0.3 is 0 Å². The van der Waals surface area contributed by atoms with E-state index in [1.165, 1.54) is 6.08 Å². The van der Waals surface area contributed by atoms with Crippen LogP contribution in [0, 0.1) is 0 Å². The second kappa shape index (κ2) is 5.07. The van der Waals surface area contributed by atoms with Gasteiger partial charge in [0.2, 0.25) is 5.78 Å². The van der Waals surface area contributed by atoms with Crippen LogP contribution in [0.2, 0.25) is 0 Å².